The van der Waals surface area contributed by atoms with Gasteiger partial charge in [-0.05, 0) is 48.7 Å². The summed E-state index contributed by atoms with van der Waals surface area (Å²) in [5.74, 6) is 2.40. The van der Waals surface area contributed by atoms with Crippen LogP contribution in [0.4, 0.5) is 0 Å². The molecule has 1 amide bonds. The number of nitrogens with zero attached hydrogens (tertiary/aromatic N) is 2. The van der Waals surface area contributed by atoms with Crippen molar-refractivity contribution in [3.05, 3.63) is 47.0 Å². The molecule has 2 fully saturated rings. The predicted molar refractivity (Wildman–Crippen MR) is 121 cm³/mol. The Hall–Kier alpha value is -3.26. The Kier molecular flexibility index (Phi) is 5.40. The summed E-state index contributed by atoms with van der Waals surface area (Å²) in [5.41, 5.74) is 1.50. The second kappa shape index (κ2) is 8.26. The van der Waals surface area contributed by atoms with Crippen LogP contribution >= 0.6 is 0 Å². The number of carbonyl (C=O) groups excluding carboxylic acids is 2. The third-order valence-corrected chi connectivity index (χ3v) is 6.68. The van der Waals surface area contributed by atoms with Gasteiger partial charge in [0.2, 0.25) is 11.5 Å². The molecule has 3 aliphatic rings. The lowest BCUT2D eigenvalue weighted by Crippen LogP contribution is -2.48. The molecule has 1 saturated heterocycles. The van der Waals surface area contributed by atoms with E-state index in [0.29, 0.717) is 53.8 Å². The van der Waals surface area contributed by atoms with Crippen LogP contribution in [0.5, 0.6) is 23.0 Å². The van der Waals surface area contributed by atoms with Crippen LogP contribution in [0.3, 0.4) is 0 Å². The Morgan fingerprint density at radius 2 is 1.64 bits per heavy atom. The molecule has 0 N–H and O–H groups in total. The fourth-order valence-corrected chi connectivity index (χ4v) is 4.65. The van der Waals surface area contributed by atoms with E-state index in [9.17, 15) is 9.59 Å². The summed E-state index contributed by atoms with van der Waals surface area (Å²) in [6.45, 7) is 3.45. The zero-order chi connectivity index (χ0) is 23.2. The largest absolute Gasteiger partial charge is 0.493 e. The van der Waals surface area contributed by atoms with Crippen molar-refractivity contribution in [3.63, 3.8) is 0 Å². The highest BCUT2D eigenvalue weighted by molar-refractivity contribution is 6.10. The number of fused-ring (bicyclic) bond motifs is 1. The van der Waals surface area contributed by atoms with Crippen molar-refractivity contribution in [1.29, 1.82) is 0 Å². The molecule has 2 aromatic carbocycles. The number of hydrogen-bond acceptors (Lipinski definition) is 7. The van der Waals surface area contributed by atoms with E-state index >= 15 is 0 Å². The molecule has 2 aliphatic heterocycles. The normalized spacial score (nSPS) is 18.6. The Labute approximate surface area is 193 Å². The van der Waals surface area contributed by atoms with Gasteiger partial charge in [0.15, 0.2) is 17.1 Å². The fraction of sp³-hybridized carbons (Fsp3) is 0.440. The minimum atomic E-state index is -0.636. The number of ether oxygens (including phenoxy) is 4. The van der Waals surface area contributed by atoms with E-state index in [1.54, 1.807) is 39.5 Å². The number of piperazine rings is 1. The number of Topliss-reactive ketones (excluding diaryl/α,β-unsaturated/α-hetero) is 1. The molecule has 5 rings (SSSR count). The number of hydrogen-bond donors (Lipinski definition) is 0. The van der Waals surface area contributed by atoms with Crippen LogP contribution in [0.25, 0.3) is 0 Å². The van der Waals surface area contributed by atoms with Crippen LogP contribution in [-0.4, -0.2) is 74.6 Å². The number of amides is 1. The van der Waals surface area contributed by atoms with Crippen LogP contribution < -0.4 is 18.9 Å². The van der Waals surface area contributed by atoms with Crippen LogP contribution in [0.1, 0.15) is 39.1 Å². The van der Waals surface area contributed by atoms with Gasteiger partial charge in [0.1, 0.15) is 5.75 Å². The molecule has 1 spiro atoms. The first-order valence-corrected chi connectivity index (χ1v) is 11.2. The van der Waals surface area contributed by atoms with Gasteiger partial charge in [-0.25, -0.2) is 0 Å². The highest BCUT2D eigenvalue weighted by Crippen LogP contribution is 2.49. The van der Waals surface area contributed by atoms with Crippen LogP contribution in [0, 0.1) is 0 Å². The van der Waals surface area contributed by atoms with Gasteiger partial charge in [0.05, 0.1) is 26.9 Å². The van der Waals surface area contributed by atoms with Gasteiger partial charge in [-0.2, -0.15) is 0 Å². The molecular formula is C25H28N2O6. The minimum Gasteiger partial charge on any atom is -0.493 e. The summed E-state index contributed by atoms with van der Waals surface area (Å²) in [6, 6.07) is 9.13. The standard InChI is InChI=1S/C25H28N2O6/c1-30-20-12-16(13-21(31-2)22(20)32-3)15-26-8-10-27(11-9-26)24(29)17-4-5-19-18(14-17)23(28)25(33-19)6-7-25/h4-5,12-14H,6-11,15H2,1-3H3. The molecule has 1 aliphatic carbocycles. The summed E-state index contributed by atoms with van der Waals surface area (Å²) >= 11 is 0. The van der Waals surface area contributed by atoms with E-state index in [2.05, 4.69) is 4.90 Å². The van der Waals surface area contributed by atoms with Gasteiger partial charge < -0.3 is 23.8 Å². The first-order chi connectivity index (χ1) is 16.0. The van der Waals surface area contributed by atoms with Crippen LogP contribution in [0.15, 0.2) is 30.3 Å². The van der Waals surface area contributed by atoms with E-state index in [-0.39, 0.29) is 11.7 Å². The molecule has 0 aromatic heterocycles. The van der Waals surface area contributed by atoms with Crippen molar-refractivity contribution >= 4 is 11.7 Å². The van der Waals surface area contributed by atoms with Crippen molar-refractivity contribution in [2.24, 2.45) is 0 Å². The van der Waals surface area contributed by atoms with Gasteiger partial charge in [0, 0.05) is 38.3 Å². The van der Waals surface area contributed by atoms with E-state index in [4.69, 9.17) is 18.9 Å². The monoisotopic (exact) mass is 452 g/mol. The molecule has 2 heterocycles. The molecule has 8 nitrogen and oxygen atoms in total. The molecule has 2 aromatic rings. The van der Waals surface area contributed by atoms with Gasteiger partial charge >= 0.3 is 0 Å². The number of methoxy groups -OCH3 is 3. The molecule has 33 heavy (non-hydrogen) atoms. The van der Waals surface area contributed by atoms with Crippen molar-refractivity contribution < 1.29 is 28.5 Å². The zero-order valence-corrected chi connectivity index (χ0v) is 19.2. The SMILES string of the molecule is COc1cc(CN2CCN(C(=O)c3ccc4c(c3)C(=O)C3(CC3)O4)CC2)cc(OC)c1OC. The zero-order valence-electron chi connectivity index (χ0n) is 19.2. The number of carbonyl (C=O) groups is 2. The van der Waals surface area contributed by atoms with E-state index in [0.717, 1.165) is 31.5 Å². The first kappa shape index (κ1) is 21.6. The van der Waals surface area contributed by atoms with Gasteiger partial charge in [-0.3, -0.25) is 14.5 Å². The van der Waals surface area contributed by atoms with Gasteiger partial charge in [0.25, 0.3) is 5.91 Å². The van der Waals surface area contributed by atoms with Gasteiger partial charge in [-0.15, -0.1) is 0 Å². The third-order valence-electron chi connectivity index (χ3n) is 6.68. The molecule has 0 radical (unpaired) electrons. The van der Waals surface area contributed by atoms with E-state index in [1.165, 1.54) is 0 Å². The Balaban J connectivity index is 1.23. The lowest BCUT2D eigenvalue weighted by Gasteiger charge is -2.35. The first-order valence-electron chi connectivity index (χ1n) is 11.2. The molecule has 174 valence electrons. The van der Waals surface area contributed by atoms with Crippen molar-refractivity contribution in [1.82, 2.24) is 9.80 Å². The molecule has 0 atom stereocenters. The maximum atomic E-state index is 13.1. The Morgan fingerprint density at radius 3 is 2.21 bits per heavy atom. The lowest BCUT2D eigenvalue weighted by atomic mass is 10.0. The quantitative estimate of drug-likeness (QED) is 0.667. The maximum Gasteiger partial charge on any atom is 0.253 e. The lowest BCUT2D eigenvalue weighted by molar-refractivity contribution is 0.0628. The Morgan fingerprint density at radius 1 is 0.970 bits per heavy atom. The second-order valence-electron chi connectivity index (χ2n) is 8.74. The highest BCUT2D eigenvalue weighted by Gasteiger charge is 2.57. The highest BCUT2D eigenvalue weighted by atomic mass is 16.5. The number of rotatable bonds is 6. The fourth-order valence-electron chi connectivity index (χ4n) is 4.65. The summed E-state index contributed by atoms with van der Waals surface area (Å²) < 4.78 is 22.1. The van der Waals surface area contributed by atoms with E-state index in [1.807, 2.05) is 17.0 Å². The summed E-state index contributed by atoms with van der Waals surface area (Å²) in [5, 5.41) is 0. The summed E-state index contributed by atoms with van der Waals surface area (Å²) in [7, 11) is 4.80. The minimum absolute atomic E-state index is 0.0160. The van der Waals surface area contributed by atoms with Crippen LogP contribution in [0.2, 0.25) is 0 Å². The van der Waals surface area contributed by atoms with Gasteiger partial charge in [-0.1, -0.05) is 0 Å². The summed E-state index contributed by atoms with van der Waals surface area (Å²) in [4.78, 5) is 29.8. The third kappa shape index (κ3) is 3.78. The number of ketones is 1. The Bertz CT molecular complexity index is 1080. The van der Waals surface area contributed by atoms with E-state index < -0.39 is 5.60 Å². The average molecular weight is 453 g/mol. The van der Waals surface area contributed by atoms with Crippen molar-refractivity contribution in [2.75, 3.05) is 47.5 Å². The second-order valence-corrected chi connectivity index (χ2v) is 8.74. The molecule has 0 unspecified atom stereocenters. The van der Waals surface area contributed by atoms with Crippen molar-refractivity contribution in [2.45, 2.75) is 25.0 Å². The van der Waals surface area contributed by atoms with Crippen LogP contribution in [-0.2, 0) is 6.54 Å². The molecular weight excluding hydrogens is 424 g/mol. The smallest absolute Gasteiger partial charge is 0.253 e. The van der Waals surface area contributed by atoms with Crippen molar-refractivity contribution in [3.8, 4) is 23.0 Å². The molecule has 0 bridgehead atoms. The summed E-state index contributed by atoms with van der Waals surface area (Å²) in [6.07, 6.45) is 1.52. The molecule has 8 heteroatoms. The average Bonchev–Trinajstić information content (AvgIpc) is 3.57. The number of benzene rings is 2. The predicted octanol–water partition coefficient (Wildman–Crippen LogP) is 2.78. The molecule has 1 saturated carbocycles. The maximum absolute atomic E-state index is 13.1. The topological polar surface area (TPSA) is 77.5 Å².